The highest BCUT2D eigenvalue weighted by molar-refractivity contribution is 6.28. The van der Waals surface area contributed by atoms with E-state index in [0.29, 0.717) is 5.82 Å². The quantitative estimate of drug-likeness (QED) is 0.708. The number of nitrogens with zero attached hydrogens (tertiary/aromatic N) is 3. The van der Waals surface area contributed by atoms with Crippen molar-refractivity contribution in [1.82, 2.24) is 9.97 Å². The van der Waals surface area contributed by atoms with E-state index in [4.69, 9.17) is 16.3 Å². The van der Waals surface area contributed by atoms with Gasteiger partial charge in [-0.1, -0.05) is 0 Å². The molecule has 86 valence electrons. The van der Waals surface area contributed by atoms with E-state index >= 15 is 0 Å². The molecule has 1 aromatic rings. The molecular formula is C10H12ClN3O2. The molecule has 1 amide bonds. The van der Waals surface area contributed by atoms with E-state index in [0.717, 1.165) is 0 Å². The summed E-state index contributed by atoms with van der Waals surface area (Å²) in [6.45, 7) is 5.68. The second kappa shape index (κ2) is 3.59. The van der Waals surface area contributed by atoms with Gasteiger partial charge in [0.05, 0.1) is 5.54 Å². The number of ether oxygens (including phenoxy) is 1. The van der Waals surface area contributed by atoms with E-state index in [9.17, 15) is 4.79 Å². The molecule has 16 heavy (non-hydrogen) atoms. The average molecular weight is 242 g/mol. The van der Waals surface area contributed by atoms with Crippen molar-refractivity contribution in [3.8, 4) is 0 Å². The molecule has 1 aliphatic rings. The molecule has 1 atom stereocenters. The predicted molar refractivity (Wildman–Crippen MR) is 59.5 cm³/mol. The molecule has 2 heterocycles. The van der Waals surface area contributed by atoms with Gasteiger partial charge in [0.15, 0.2) is 0 Å². The van der Waals surface area contributed by atoms with E-state index in [1.165, 1.54) is 11.1 Å². The van der Waals surface area contributed by atoms with E-state index in [1.54, 1.807) is 6.07 Å². The fourth-order valence-corrected chi connectivity index (χ4v) is 1.75. The molecular weight excluding hydrogens is 230 g/mol. The maximum atomic E-state index is 11.7. The SMILES string of the molecule is C[C@H]1OC(=O)N(c2ccnc(Cl)n2)C1(C)C. The Labute approximate surface area is 98.4 Å². The van der Waals surface area contributed by atoms with Crippen LogP contribution < -0.4 is 4.90 Å². The van der Waals surface area contributed by atoms with Crippen LogP contribution in [0, 0.1) is 0 Å². The zero-order valence-corrected chi connectivity index (χ0v) is 10.0. The van der Waals surface area contributed by atoms with Crippen molar-refractivity contribution in [3.05, 3.63) is 17.5 Å². The first-order valence-electron chi connectivity index (χ1n) is 4.92. The second-order valence-electron chi connectivity index (χ2n) is 4.20. The number of amides is 1. The smallest absolute Gasteiger partial charge is 0.416 e. The number of cyclic esters (lactones) is 1. The van der Waals surface area contributed by atoms with Crippen molar-refractivity contribution in [1.29, 1.82) is 0 Å². The van der Waals surface area contributed by atoms with Crippen LogP contribution >= 0.6 is 11.6 Å². The number of hydrogen-bond acceptors (Lipinski definition) is 4. The zero-order valence-electron chi connectivity index (χ0n) is 9.27. The Morgan fingerprint density at radius 1 is 1.56 bits per heavy atom. The fourth-order valence-electron chi connectivity index (χ4n) is 1.60. The predicted octanol–water partition coefficient (Wildman–Crippen LogP) is 2.25. The first-order valence-corrected chi connectivity index (χ1v) is 5.30. The van der Waals surface area contributed by atoms with Crippen molar-refractivity contribution < 1.29 is 9.53 Å². The second-order valence-corrected chi connectivity index (χ2v) is 4.54. The van der Waals surface area contributed by atoms with Gasteiger partial charge in [-0.05, 0) is 38.4 Å². The molecule has 0 radical (unpaired) electrons. The summed E-state index contributed by atoms with van der Waals surface area (Å²) >= 11 is 5.70. The third-order valence-corrected chi connectivity index (χ3v) is 3.05. The van der Waals surface area contributed by atoms with Gasteiger partial charge in [-0.25, -0.2) is 14.8 Å². The van der Waals surface area contributed by atoms with Crippen molar-refractivity contribution in [2.45, 2.75) is 32.4 Å². The minimum absolute atomic E-state index is 0.112. The molecule has 6 heteroatoms. The zero-order chi connectivity index (χ0) is 11.9. The van der Waals surface area contributed by atoms with E-state index in [1.807, 2.05) is 20.8 Å². The molecule has 0 unspecified atom stereocenters. The van der Waals surface area contributed by atoms with Gasteiger partial charge in [-0.15, -0.1) is 0 Å². The van der Waals surface area contributed by atoms with Crippen LogP contribution in [0.2, 0.25) is 5.28 Å². The molecule has 1 fully saturated rings. The Kier molecular flexibility index (Phi) is 2.50. The third-order valence-electron chi connectivity index (χ3n) is 2.87. The normalized spacial score (nSPS) is 23.4. The summed E-state index contributed by atoms with van der Waals surface area (Å²) in [7, 11) is 0. The highest BCUT2D eigenvalue weighted by atomic mass is 35.5. The Balaban J connectivity index is 2.44. The van der Waals surface area contributed by atoms with Crippen molar-refractivity contribution in [2.24, 2.45) is 0 Å². The van der Waals surface area contributed by atoms with Crippen LogP contribution in [0.25, 0.3) is 0 Å². The topological polar surface area (TPSA) is 55.3 Å². The summed E-state index contributed by atoms with van der Waals surface area (Å²) in [5.41, 5.74) is -0.450. The summed E-state index contributed by atoms with van der Waals surface area (Å²) < 4.78 is 5.17. The Morgan fingerprint density at radius 2 is 2.25 bits per heavy atom. The van der Waals surface area contributed by atoms with Gasteiger partial charge in [-0.2, -0.15) is 0 Å². The number of aromatic nitrogens is 2. The highest BCUT2D eigenvalue weighted by Gasteiger charge is 2.47. The molecule has 2 rings (SSSR count). The molecule has 1 saturated heterocycles. The van der Waals surface area contributed by atoms with Crippen molar-refractivity contribution in [2.75, 3.05) is 4.90 Å². The summed E-state index contributed by atoms with van der Waals surface area (Å²) in [4.78, 5) is 21.0. The Morgan fingerprint density at radius 3 is 2.75 bits per heavy atom. The van der Waals surface area contributed by atoms with Crippen LogP contribution in [0.15, 0.2) is 12.3 Å². The maximum absolute atomic E-state index is 11.7. The minimum atomic E-state index is -0.450. The van der Waals surface area contributed by atoms with Crippen LogP contribution in [0.5, 0.6) is 0 Å². The molecule has 1 aliphatic heterocycles. The first-order chi connectivity index (χ1) is 7.43. The lowest BCUT2D eigenvalue weighted by molar-refractivity contribution is 0.129. The van der Waals surface area contributed by atoms with Crippen molar-refractivity contribution in [3.63, 3.8) is 0 Å². The monoisotopic (exact) mass is 241 g/mol. The van der Waals surface area contributed by atoms with Crippen LogP contribution in [0.3, 0.4) is 0 Å². The van der Waals surface area contributed by atoms with Crippen LogP contribution in [0.4, 0.5) is 10.6 Å². The van der Waals surface area contributed by atoms with Crippen LogP contribution in [-0.4, -0.2) is 27.7 Å². The molecule has 0 aromatic carbocycles. The standard InChI is InChI=1S/C10H12ClN3O2/c1-6-10(2,3)14(9(15)16-6)7-4-5-12-8(11)13-7/h4-6H,1-3H3/t6-/m1/s1. The van der Waals surface area contributed by atoms with Gasteiger partial charge in [0.1, 0.15) is 11.9 Å². The lowest BCUT2D eigenvalue weighted by Gasteiger charge is -2.29. The van der Waals surface area contributed by atoms with Gasteiger partial charge in [0.2, 0.25) is 5.28 Å². The largest absolute Gasteiger partial charge is 0.444 e. The average Bonchev–Trinajstić information content (AvgIpc) is 2.36. The summed E-state index contributed by atoms with van der Waals surface area (Å²) in [5, 5.41) is 0.112. The Hall–Kier alpha value is -1.36. The van der Waals surface area contributed by atoms with Crippen LogP contribution in [-0.2, 0) is 4.74 Å². The molecule has 0 aliphatic carbocycles. The summed E-state index contributed by atoms with van der Waals surface area (Å²) in [5.74, 6) is 0.458. The van der Waals surface area contributed by atoms with Gasteiger partial charge in [0, 0.05) is 6.20 Å². The number of rotatable bonds is 1. The first kappa shape index (κ1) is 11.1. The molecule has 0 saturated carbocycles. The van der Waals surface area contributed by atoms with Crippen LogP contribution in [0.1, 0.15) is 20.8 Å². The van der Waals surface area contributed by atoms with E-state index < -0.39 is 11.6 Å². The molecule has 0 N–H and O–H groups in total. The van der Waals surface area contributed by atoms with E-state index in [2.05, 4.69) is 9.97 Å². The molecule has 0 spiro atoms. The van der Waals surface area contributed by atoms with Gasteiger partial charge in [0.25, 0.3) is 0 Å². The number of carbonyl (C=O) groups is 1. The molecule has 5 nitrogen and oxygen atoms in total. The number of carbonyl (C=O) groups excluding carboxylic acids is 1. The molecule has 1 aromatic heterocycles. The lowest BCUT2D eigenvalue weighted by atomic mass is 9.98. The summed E-state index contributed by atoms with van der Waals surface area (Å²) in [6, 6.07) is 1.63. The third kappa shape index (κ3) is 1.61. The summed E-state index contributed by atoms with van der Waals surface area (Å²) in [6.07, 6.45) is 0.901. The van der Waals surface area contributed by atoms with Crippen molar-refractivity contribution >= 4 is 23.5 Å². The van der Waals surface area contributed by atoms with E-state index in [-0.39, 0.29) is 11.4 Å². The van der Waals surface area contributed by atoms with Gasteiger partial charge >= 0.3 is 6.09 Å². The highest BCUT2D eigenvalue weighted by Crippen LogP contribution is 2.33. The fraction of sp³-hybridized carbons (Fsp3) is 0.500. The number of hydrogen-bond donors (Lipinski definition) is 0. The lowest BCUT2D eigenvalue weighted by Crippen LogP contribution is -2.45. The molecule has 0 bridgehead atoms. The maximum Gasteiger partial charge on any atom is 0.416 e. The number of anilines is 1. The van der Waals surface area contributed by atoms with Gasteiger partial charge in [-0.3, -0.25) is 4.90 Å². The Bertz CT molecular complexity index is 436. The minimum Gasteiger partial charge on any atom is -0.444 e. The number of halogens is 1. The van der Waals surface area contributed by atoms with Gasteiger partial charge < -0.3 is 4.74 Å².